The zero-order valence-electron chi connectivity index (χ0n) is 14.2. The molecule has 0 fully saturated rings. The van der Waals surface area contributed by atoms with Crippen LogP contribution in [-0.2, 0) is 6.54 Å². The molecule has 2 aromatic carbocycles. The Morgan fingerprint density at radius 2 is 1.88 bits per heavy atom. The van der Waals surface area contributed by atoms with Gasteiger partial charge in [-0.15, -0.1) is 0 Å². The van der Waals surface area contributed by atoms with Crippen molar-refractivity contribution in [3.8, 4) is 5.69 Å². The van der Waals surface area contributed by atoms with Gasteiger partial charge in [-0.25, -0.2) is 4.68 Å². The normalized spacial score (nSPS) is 12.6. The number of hydrogen-bond donors (Lipinski definition) is 1. The van der Waals surface area contributed by atoms with Gasteiger partial charge < -0.3 is 5.32 Å². The third kappa shape index (κ3) is 3.18. The van der Waals surface area contributed by atoms with Crippen LogP contribution in [0.15, 0.2) is 54.7 Å². The van der Waals surface area contributed by atoms with E-state index in [1.54, 1.807) is 0 Å². The first-order valence-corrected chi connectivity index (χ1v) is 9.00. The average molecular weight is 349 g/mol. The van der Waals surface area contributed by atoms with Crippen LogP contribution in [0.5, 0.6) is 0 Å². The molecule has 2 heterocycles. The molecule has 5 nitrogen and oxygen atoms in total. The smallest absolute Gasteiger partial charge is 0.105 e. The molecule has 0 spiro atoms. The predicted octanol–water partition coefficient (Wildman–Crippen LogP) is 4.04. The van der Waals surface area contributed by atoms with Gasteiger partial charge in [0.25, 0.3) is 0 Å². The van der Waals surface area contributed by atoms with E-state index in [1.807, 2.05) is 35.1 Å². The maximum atomic E-state index is 4.56. The summed E-state index contributed by atoms with van der Waals surface area (Å²) >= 11 is 1.25. The van der Waals surface area contributed by atoms with Crippen LogP contribution >= 0.6 is 11.7 Å². The molecule has 1 atom stereocenters. The molecule has 0 aliphatic heterocycles. The second-order valence-corrected chi connectivity index (χ2v) is 6.65. The Kier molecular flexibility index (Phi) is 4.29. The Labute approximate surface area is 150 Å². The Morgan fingerprint density at radius 1 is 1.08 bits per heavy atom. The molecular formula is C19H19N5S. The van der Waals surface area contributed by atoms with Crippen LogP contribution in [0.2, 0.25) is 0 Å². The molecule has 0 bridgehead atoms. The summed E-state index contributed by atoms with van der Waals surface area (Å²) in [6.07, 6.45) is 1.95. The SMILES string of the molecule is Cc1c(C(C)NCc2ccc3nsnc3c2)cnn1-c1ccccc1. The van der Waals surface area contributed by atoms with E-state index in [9.17, 15) is 0 Å². The summed E-state index contributed by atoms with van der Waals surface area (Å²) < 4.78 is 10.5. The van der Waals surface area contributed by atoms with Crippen molar-refractivity contribution in [1.29, 1.82) is 0 Å². The third-order valence-electron chi connectivity index (χ3n) is 4.45. The van der Waals surface area contributed by atoms with Crippen LogP contribution in [-0.4, -0.2) is 18.5 Å². The fourth-order valence-electron chi connectivity index (χ4n) is 3.00. The van der Waals surface area contributed by atoms with Crippen molar-refractivity contribution in [3.63, 3.8) is 0 Å². The van der Waals surface area contributed by atoms with E-state index in [0.717, 1.165) is 29.0 Å². The van der Waals surface area contributed by atoms with E-state index in [4.69, 9.17) is 0 Å². The van der Waals surface area contributed by atoms with E-state index >= 15 is 0 Å². The molecular weight excluding hydrogens is 330 g/mol. The Balaban J connectivity index is 1.49. The van der Waals surface area contributed by atoms with Crippen molar-refractivity contribution in [1.82, 2.24) is 23.8 Å². The van der Waals surface area contributed by atoms with Gasteiger partial charge in [-0.1, -0.05) is 24.3 Å². The minimum atomic E-state index is 0.210. The summed E-state index contributed by atoms with van der Waals surface area (Å²) in [6, 6.07) is 16.6. The molecule has 1 N–H and O–H groups in total. The van der Waals surface area contributed by atoms with Gasteiger partial charge in [-0.3, -0.25) is 0 Å². The van der Waals surface area contributed by atoms with Gasteiger partial charge in [0.2, 0.25) is 0 Å². The third-order valence-corrected chi connectivity index (χ3v) is 5.00. The summed E-state index contributed by atoms with van der Waals surface area (Å²) in [4.78, 5) is 0. The van der Waals surface area contributed by atoms with E-state index in [1.165, 1.54) is 22.9 Å². The number of benzene rings is 2. The van der Waals surface area contributed by atoms with Gasteiger partial charge in [0.1, 0.15) is 11.0 Å². The van der Waals surface area contributed by atoms with Crippen molar-refractivity contribution in [3.05, 3.63) is 71.5 Å². The Hall–Kier alpha value is -2.57. The Bertz CT molecular complexity index is 989. The minimum absolute atomic E-state index is 0.210. The highest BCUT2D eigenvalue weighted by molar-refractivity contribution is 7.00. The van der Waals surface area contributed by atoms with Crippen LogP contribution in [0.4, 0.5) is 0 Å². The summed E-state index contributed by atoms with van der Waals surface area (Å²) in [6.45, 7) is 5.06. The molecule has 0 aliphatic carbocycles. The number of rotatable bonds is 5. The number of nitrogens with one attached hydrogen (secondary N) is 1. The first kappa shape index (κ1) is 15.9. The average Bonchev–Trinajstić information content (AvgIpc) is 3.26. The van der Waals surface area contributed by atoms with Gasteiger partial charge in [-0.2, -0.15) is 13.8 Å². The molecule has 0 saturated heterocycles. The summed E-state index contributed by atoms with van der Waals surface area (Å²) in [7, 11) is 0. The topological polar surface area (TPSA) is 55.6 Å². The number of aromatic nitrogens is 4. The molecule has 25 heavy (non-hydrogen) atoms. The van der Waals surface area contributed by atoms with Crippen LogP contribution in [0, 0.1) is 6.92 Å². The fraction of sp³-hybridized carbons (Fsp3) is 0.211. The summed E-state index contributed by atoms with van der Waals surface area (Å²) in [5.41, 5.74) is 6.58. The monoisotopic (exact) mass is 349 g/mol. The van der Waals surface area contributed by atoms with Gasteiger partial charge >= 0.3 is 0 Å². The highest BCUT2D eigenvalue weighted by Gasteiger charge is 2.14. The number of para-hydroxylation sites is 1. The molecule has 126 valence electrons. The van der Waals surface area contributed by atoms with Crippen molar-refractivity contribution in [2.24, 2.45) is 0 Å². The zero-order chi connectivity index (χ0) is 17.2. The van der Waals surface area contributed by atoms with Crippen LogP contribution in [0.25, 0.3) is 16.7 Å². The highest BCUT2D eigenvalue weighted by atomic mass is 32.1. The molecule has 0 radical (unpaired) electrons. The largest absolute Gasteiger partial charge is 0.306 e. The first-order valence-electron chi connectivity index (χ1n) is 8.27. The standard InChI is InChI=1S/C19H19N5S/c1-13(20-11-15-8-9-18-19(10-15)23-25-22-18)17-12-21-24(14(17)2)16-6-4-3-5-7-16/h3-10,12-13,20H,11H2,1-2H3. The van der Waals surface area contributed by atoms with E-state index in [2.05, 4.69) is 57.3 Å². The number of nitrogens with zero attached hydrogens (tertiary/aromatic N) is 4. The van der Waals surface area contributed by atoms with Gasteiger partial charge in [0.05, 0.1) is 23.6 Å². The van der Waals surface area contributed by atoms with Crippen molar-refractivity contribution >= 4 is 22.8 Å². The lowest BCUT2D eigenvalue weighted by molar-refractivity contribution is 0.572. The maximum absolute atomic E-state index is 4.56. The van der Waals surface area contributed by atoms with Crippen molar-refractivity contribution in [2.45, 2.75) is 26.4 Å². The van der Waals surface area contributed by atoms with Crippen LogP contribution in [0.3, 0.4) is 0 Å². The van der Waals surface area contributed by atoms with Crippen LogP contribution in [0.1, 0.15) is 29.8 Å². The maximum Gasteiger partial charge on any atom is 0.105 e. The molecule has 4 rings (SSSR count). The summed E-state index contributed by atoms with van der Waals surface area (Å²) in [5, 5.41) is 8.14. The quantitative estimate of drug-likeness (QED) is 0.591. The molecule has 0 aliphatic rings. The first-order chi connectivity index (χ1) is 12.2. The highest BCUT2D eigenvalue weighted by Crippen LogP contribution is 2.21. The lowest BCUT2D eigenvalue weighted by atomic mass is 10.1. The molecule has 4 aromatic rings. The van der Waals surface area contributed by atoms with Gasteiger partial charge in [-0.05, 0) is 43.7 Å². The molecule has 0 amide bonds. The van der Waals surface area contributed by atoms with E-state index in [0.29, 0.717) is 0 Å². The van der Waals surface area contributed by atoms with Crippen molar-refractivity contribution < 1.29 is 0 Å². The summed E-state index contributed by atoms with van der Waals surface area (Å²) in [5.74, 6) is 0. The predicted molar refractivity (Wildman–Crippen MR) is 101 cm³/mol. The van der Waals surface area contributed by atoms with Crippen LogP contribution < -0.4 is 5.32 Å². The molecule has 1 unspecified atom stereocenters. The molecule has 2 aromatic heterocycles. The van der Waals surface area contributed by atoms with E-state index in [-0.39, 0.29) is 6.04 Å². The second kappa shape index (κ2) is 6.74. The molecule has 6 heteroatoms. The number of hydrogen-bond acceptors (Lipinski definition) is 5. The Morgan fingerprint density at radius 3 is 2.72 bits per heavy atom. The molecule has 0 saturated carbocycles. The zero-order valence-corrected chi connectivity index (χ0v) is 15.0. The fourth-order valence-corrected chi connectivity index (χ4v) is 3.51. The second-order valence-electron chi connectivity index (χ2n) is 6.12. The lowest BCUT2D eigenvalue weighted by Gasteiger charge is -2.14. The van der Waals surface area contributed by atoms with Crippen molar-refractivity contribution in [2.75, 3.05) is 0 Å². The van der Waals surface area contributed by atoms with E-state index < -0.39 is 0 Å². The van der Waals surface area contributed by atoms with Gasteiger partial charge in [0, 0.05) is 23.8 Å². The van der Waals surface area contributed by atoms with Gasteiger partial charge in [0.15, 0.2) is 0 Å². The lowest BCUT2D eigenvalue weighted by Crippen LogP contribution is -2.18. The number of fused-ring (bicyclic) bond motifs is 1. The minimum Gasteiger partial charge on any atom is -0.306 e.